The first-order chi connectivity index (χ1) is 11.0. The van der Waals surface area contributed by atoms with Crippen LogP contribution in [0.3, 0.4) is 0 Å². The summed E-state index contributed by atoms with van der Waals surface area (Å²) in [6, 6.07) is 4.74. The molecule has 0 spiro atoms. The van der Waals surface area contributed by atoms with Crippen molar-refractivity contribution >= 4 is 17.7 Å². The van der Waals surface area contributed by atoms with Crippen molar-refractivity contribution in [2.24, 2.45) is 5.92 Å². The Morgan fingerprint density at radius 3 is 2.52 bits per heavy atom. The molecule has 0 saturated heterocycles. The SMILES string of the molecule is CCc1cccc(C(=O)OC(=O)CCC(=O)C2CCCC2)c1O. The molecule has 0 unspecified atom stereocenters. The number of hydrogen-bond donors (Lipinski definition) is 1. The number of carbonyl (C=O) groups excluding carboxylic acids is 3. The maximum atomic E-state index is 12.0. The highest BCUT2D eigenvalue weighted by molar-refractivity contribution is 5.99. The highest BCUT2D eigenvalue weighted by atomic mass is 16.6. The van der Waals surface area contributed by atoms with Gasteiger partial charge in [0.25, 0.3) is 0 Å². The number of aromatic hydroxyl groups is 1. The second kappa shape index (κ2) is 7.90. The Balaban J connectivity index is 1.87. The maximum Gasteiger partial charge on any atom is 0.349 e. The van der Waals surface area contributed by atoms with Gasteiger partial charge in [-0.2, -0.15) is 0 Å². The molecule has 1 aromatic carbocycles. The predicted molar refractivity (Wildman–Crippen MR) is 84.1 cm³/mol. The summed E-state index contributed by atoms with van der Waals surface area (Å²) in [5, 5.41) is 9.97. The van der Waals surface area contributed by atoms with Crippen molar-refractivity contribution in [2.45, 2.75) is 51.9 Å². The van der Waals surface area contributed by atoms with Crippen LogP contribution < -0.4 is 0 Å². The van der Waals surface area contributed by atoms with Gasteiger partial charge in [0, 0.05) is 12.3 Å². The third-order valence-corrected chi connectivity index (χ3v) is 4.31. The number of aryl methyl sites for hydroxylation is 1. The van der Waals surface area contributed by atoms with Gasteiger partial charge >= 0.3 is 11.9 Å². The molecular formula is C18H22O5. The van der Waals surface area contributed by atoms with Gasteiger partial charge in [-0.3, -0.25) is 9.59 Å². The quantitative estimate of drug-likeness (QED) is 0.643. The van der Waals surface area contributed by atoms with Gasteiger partial charge in [0.1, 0.15) is 17.1 Å². The number of rotatable bonds is 6. The van der Waals surface area contributed by atoms with E-state index in [0.717, 1.165) is 25.7 Å². The number of para-hydroxylation sites is 1. The van der Waals surface area contributed by atoms with Crippen LogP contribution >= 0.6 is 0 Å². The summed E-state index contributed by atoms with van der Waals surface area (Å²) >= 11 is 0. The van der Waals surface area contributed by atoms with Crippen molar-refractivity contribution in [3.8, 4) is 5.75 Å². The largest absolute Gasteiger partial charge is 0.507 e. The molecule has 0 radical (unpaired) electrons. The minimum absolute atomic E-state index is 0.0279. The van der Waals surface area contributed by atoms with Crippen LogP contribution in [-0.4, -0.2) is 22.8 Å². The molecule has 2 rings (SSSR count). The number of phenolic OH excluding ortho intramolecular Hbond substituents is 1. The normalized spacial score (nSPS) is 14.7. The van der Waals surface area contributed by atoms with Crippen LogP contribution in [0.5, 0.6) is 5.75 Å². The molecule has 5 heteroatoms. The van der Waals surface area contributed by atoms with E-state index in [0.29, 0.717) is 12.0 Å². The van der Waals surface area contributed by atoms with E-state index in [-0.39, 0.29) is 35.9 Å². The molecular weight excluding hydrogens is 296 g/mol. The topological polar surface area (TPSA) is 80.7 Å². The van der Waals surface area contributed by atoms with Crippen molar-refractivity contribution in [3.05, 3.63) is 29.3 Å². The Hall–Kier alpha value is -2.17. The van der Waals surface area contributed by atoms with Crippen LogP contribution in [0.4, 0.5) is 0 Å². The third kappa shape index (κ3) is 4.41. The molecule has 1 aliphatic carbocycles. The second-order valence-corrected chi connectivity index (χ2v) is 5.88. The van der Waals surface area contributed by atoms with E-state index in [1.165, 1.54) is 6.07 Å². The summed E-state index contributed by atoms with van der Waals surface area (Å²) in [4.78, 5) is 35.6. The van der Waals surface area contributed by atoms with Crippen LogP contribution in [0.15, 0.2) is 18.2 Å². The Labute approximate surface area is 135 Å². The first kappa shape index (κ1) is 17.2. The molecule has 1 saturated carbocycles. The molecule has 0 bridgehead atoms. The number of phenols is 1. The first-order valence-corrected chi connectivity index (χ1v) is 8.11. The van der Waals surface area contributed by atoms with E-state index < -0.39 is 11.9 Å². The number of carbonyl (C=O) groups is 3. The lowest BCUT2D eigenvalue weighted by Gasteiger charge is -2.09. The fraction of sp³-hybridized carbons (Fsp3) is 0.500. The molecule has 1 aliphatic rings. The summed E-state index contributed by atoms with van der Waals surface area (Å²) in [6.45, 7) is 1.85. The molecule has 5 nitrogen and oxygen atoms in total. The molecule has 0 heterocycles. The van der Waals surface area contributed by atoms with Crippen molar-refractivity contribution < 1.29 is 24.2 Å². The van der Waals surface area contributed by atoms with Crippen LogP contribution in [0.25, 0.3) is 0 Å². The lowest BCUT2D eigenvalue weighted by atomic mass is 9.99. The molecule has 1 N–H and O–H groups in total. The molecule has 1 fully saturated rings. The smallest absolute Gasteiger partial charge is 0.349 e. The zero-order chi connectivity index (χ0) is 16.8. The fourth-order valence-electron chi connectivity index (χ4n) is 2.93. The molecule has 124 valence electrons. The summed E-state index contributed by atoms with van der Waals surface area (Å²) in [7, 11) is 0. The van der Waals surface area contributed by atoms with Gasteiger partial charge in [-0.25, -0.2) is 4.79 Å². The summed E-state index contributed by atoms with van der Waals surface area (Å²) < 4.78 is 4.74. The second-order valence-electron chi connectivity index (χ2n) is 5.88. The minimum atomic E-state index is -0.879. The molecule has 0 aliphatic heterocycles. The van der Waals surface area contributed by atoms with E-state index in [1.807, 2.05) is 6.92 Å². The van der Waals surface area contributed by atoms with Crippen molar-refractivity contribution in [3.63, 3.8) is 0 Å². The summed E-state index contributed by atoms with van der Waals surface area (Å²) in [5.41, 5.74) is 0.586. The number of Topliss-reactive ketones (excluding diaryl/α,β-unsaturated/α-hetero) is 1. The number of esters is 2. The van der Waals surface area contributed by atoms with E-state index >= 15 is 0 Å². The molecule has 0 atom stereocenters. The van der Waals surface area contributed by atoms with Crippen LogP contribution in [0, 0.1) is 5.92 Å². The van der Waals surface area contributed by atoms with Gasteiger partial charge in [0.05, 0.1) is 6.42 Å². The lowest BCUT2D eigenvalue weighted by molar-refractivity contribution is -0.139. The van der Waals surface area contributed by atoms with E-state index in [2.05, 4.69) is 0 Å². The van der Waals surface area contributed by atoms with Gasteiger partial charge in [-0.05, 0) is 30.9 Å². The minimum Gasteiger partial charge on any atom is -0.507 e. The van der Waals surface area contributed by atoms with Gasteiger partial charge in [-0.15, -0.1) is 0 Å². The maximum absolute atomic E-state index is 12.0. The van der Waals surface area contributed by atoms with E-state index in [1.54, 1.807) is 12.1 Å². The molecule has 0 amide bonds. The van der Waals surface area contributed by atoms with Gasteiger partial charge in [0.2, 0.25) is 0 Å². The van der Waals surface area contributed by atoms with Crippen LogP contribution in [0.2, 0.25) is 0 Å². The zero-order valence-corrected chi connectivity index (χ0v) is 13.3. The number of ketones is 1. The van der Waals surface area contributed by atoms with Crippen LogP contribution in [0.1, 0.15) is 61.4 Å². The van der Waals surface area contributed by atoms with Crippen molar-refractivity contribution in [1.29, 1.82) is 0 Å². The third-order valence-electron chi connectivity index (χ3n) is 4.31. The van der Waals surface area contributed by atoms with Gasteiger partial charge in [0.15, 0.2) is 0 Å². The number of benzene rings is 1. The monoisotopic (exact) mass is 318 g/mol. The summed E-state index contributed by atoms with van der Waals surface area (Å²) in [5.74, 6) is -1.64. The highest BCUT2D eigenvalue weighted by Gasteiger charge is 2.24. The van der Waals surface area contributed by atoms with Gasteiger partial charge < -0.3 is 9.84 Å². The zero-order valence-electron chi connectivity index (χ0n) is 13.3. The van der Waals surface area contributed by atoms with Crippen LogP contribution in [-0.2, 0) is 20.7 Å². The Bertz CT molecular complexity index is 599. The molecule has 0 aromatic heterocycles. The molecule has 23 heavy (non-hydrogen) atoms. The number of ether oxygens (including phenoxy) is 1. The standard InChI is InChI=1S/C18H22O5/c1-2-12-8-5-9-14(17(12)21)18(22)23-16(20)11-10-15(19)13-6-3-4-7-13/h5,8-9,13,21H,2-4,6-7,10-11H2,1H3. The average Bonchev–Trinajstić information content (AvgIpc) is 3.07. The Morgan fingerprint density at radius 1 is 1.17 bits per heavy atom. The van der Waals surface area contributed by atoms with E-state index in [4.69, 9.17) is 4.74 Å². The van der Waals surface area contributed by atoms with Crippen molar-refractivity contribution in [2.75, 3.05) is 0 Å². The highest BCUT2D eigenvalue weighted by Crippen LogP contribution is 2.27. The fourth-order valence-corrected chi connectivity index (χ4v) is 2.93. The average molecular weight is 318 g/mol. The first-order valence-electron chi connectivity index (χ1n) is 8.11. The van der Waals surface area contributed by atoms with E-state index in [9.17, 15) is 19.5 Å². The molecule has 1 aromatic rings. The lowest BCUT2D eigenvalue weighted by Crippen LogP contribution is -2.16. The van der Waals surface area contributed by atoms with Gasteiger partial charge in [-0.1, -0.05) is 31.9 Å². The predicted octanol–water partition coefficient (Wildman–Crippen LogP) is 3.18. The Morgan fingerprint density at radius 2 is 1.87 bits per heavy atom. The Kier molecular flexibility index (Phi) is 5.90. The number of hydrogen-bond acceptors (Lipinski definition) is 5. The van der Waals surface area contributed by atoms with Crippen molar-refractivity contribution in [1.82, 2.24) is 0 Å². The summed E-state index contributed by atoms with van der Waals surface area (Å²) in [6.07, 6.45) is 4.48.